The van der Waals surface area contributed by atoms with Crippen molar-refractivity contribution in [2.24, 2.45) is 11.8 Å². The second-order valence-corrected chi connectivity index (χ2v) is 12.3. The van der Waals surface area contributed by atoms with Crippen molar-refractivity contribution in [2.75, 3.05) is 31.2 Å². The molecule has 0 saturated carbocycles. The van der Waals surface area contributed by atoms with Gasteiger partial charge in [0.1, 0.15) is 6.04 Å². The minimum atomic E-state index is -0.695. The van der Waals surface area contributed by atoms with E-state index in [1.54, 1.807) is 34.6 Å². The molecule has 3 aliphatic heterocycles. The number of carbonyl (C=O) groups is 3. The number of thioether (sulfide) groups is 1. The van der Waals surface area contributed by atoms with Crippen LogP contribution in [0, 0.1) is 25.7 Å². The van der Waals surface area contributed by atoms with Gasteiger partial charge in [0.15, 0.2) is 0 Å². The normalized spacial score (nSPS) is 30.4. The van der Waals surface area contributed by atoms with Crippen LogP contribution in [0.25, 0.3) is 0 Å². The molecule has 2 unspecified atom stereocenters. The van der Waals surface area contributed by atoms with Crippen molar-refractivity contribution < 1.29 is 24.2 Å². The van der Waals surface area contributed by atoms with Gasteiger partial charge in [0.25, 0.3) is 5.91 Å². The van der Waals surface area contributed by atoms with Crippen molar-refractivity contribution in [1.82, 2.24) is 4.90 Å². The highest BCUT2D eigenvalue weighted by Gasteiger charge is 2.77. The molecule has 1 aromatic carbocycles. The number of hydrogen-bond donors (Lipinski definition) is 1. The maximum Gasteiger partial charge on any atom is 0.311 e. The molecule has 2 bridgehead atoms. The standard InChI is InChI=1S/C28H38N2O5S/c1-6-15-29(22-18(3)11-10-12-19(22)4)25(33)23-28-14-13-27(5,36-28)21(26(34)35-7-2)20(28)24(32)30(23)16-8-9-17-31/h6,10-12,20-21,23,31H,1,7-9,13-17H2,2-5H3/t20-,21+,23?,27-,28?/m0/s1. The number of unbranched alkanes of at least 4 members (excludes halogenated alkanes) is 1. The Kier molecular flexibility index (Phi) is 7.58. The Labute approximate surface area is 218 Å². The monoisotopic (exact) mass is 514 g/mol. The van der Waals surface area contributed by atoms with Crippen molar-refractivity contribution >= 4 is 35.2 Å². The number of amides is 2. The number of nitrogens with zero attached hydrogens (tertiary/aromatic N) is 2. The van der Waals surface area contributed by atoms with E-state index in [1.807, 2.05) is 39.0 Å². The zero-order valence-corrected chi connectivity index (χ0v) is 22.6. The summed E-state index contributed by atoms with van der Waals surface area (Å²) in [5.74, 6) is -1.77. The first-order valence-electron chi connectivity index (χ1n) is 12.9. The molecule has 3 aliphatic rings. The quantitative estimate of drug-likeness (QED) is 0.291. The molecule has 4 rings (SSSR count). The number of hydrogen-bond acceptors (Lipinski definition) is 6. The lowest BCUT2D eigenvalue weighted by Gasteiger charge is -2.38. The van der Waals surface area contributed by atoms with E-state index in [9.17, 15) is 19.5 Å². The number of likely N-dealkylation sites (tertiary alicyclic amines) is 1. The Bertz CT molecular complexity index is 1040. The zero-order valence-electron chi connectivity index (χ0n) is 21.8. The molecule has 1 N–H and O–H groups in total. The minimum absolute atomic E-state index is 0.0263. The molecular weight excluding hydrogens is 476 g/mol. The molecule has 196 valence electrons. The predicted octanol–water partition coefficient (Wildman–Crippen LogP) is 3.64. The summed E-state index contributed by atoms with van der Waals surface area (Å²) < 4.78 is 4.32. The van der Waals surface area contributed by atoms with Crippen LogP contribution in [0.5, 0.6) is 0 Å². The second kappa shape index (κ2) is 10.2. The van der Waals surface area contributed by atoms with Crippen LogP contribution in [0.1, 0.15) is 50.7 Å². The Hall–Kier alpha value is -2.32. The summed E-state index contributed by atoms with van der Waals surface area (Å²) in [6.45, 7) is 12.7. The maximum atomic E-state index is 14.6. The molecule has 1 aromatic rings. The van der Waals surface area contributed by atoms with E-state index in [2.05, 4.69) is 6.58 Å². The van der Waals surface area contributed by atoms with Crippen LogP contribution in [0.3, 0.4) is 0 Å². The first-order chi connectivity index (χ1) is 17.2. The molecule has 0 aliphatic carbocycles. The fraction of sp³-hybridized carbons (Fsp3) is 0.607. The van der Waals surface area contributed by atoms with Gasteiger partial charge in [-0.05, 0) is 64.5 Å². The zero-order chi connectivity index (χ0) is 26.3. The molecule has 3 saturated heterocycles. The Balaban J connectivity index is 1.81. The first-order valence-corrected chi connectivity index (χ1v) is 13.7. The van der Waals surface area contributed by atoms with Crippen molar-refractivity contribution in [2.45, 2.75) is 68.9 Å². The van der Waals surface area contributed by atoms with E-state index in [-0.39, 0.29) is 31.0 Å². The number of aliphatic hydroxyl groups excluding tert-OH is 1. The number of para-hydroxylation sites is 1. The van der Waals surface area contributed by atoms with E-state index >= 15 is 0 Å². The first kappa shape index (κ1) is 26.7. The van der Waals surface area contributed by atoms with Gasteiger partial charge < -0.3 is 19.6 Å². The number of ether oxygens (including phenoxy) is 1. The lowest BCUT2D eigenvalue weighted by molar-refractivity contribution is -0.155. The topological polar surface area (TPSA) is 87.2 Å². The molecule has 0 radical (unpaired) electrons. The van der Waals surface area contributed by atoms with Gasteiger partial charge in [0.05, 0.1) is 23.2 Å². The number of benzene rings is 1. The van der Waals surface area contributed by atoms with E-state index < -0.39 is 27.4 Å². The number of anilines is 1. The smallest absolute Gasteiger partial charge is 0.311 e. The highest BCUT2D eigenvalue weighted by Crippen LogP contribution is 2.71. The SMILES string of the molecule is C=CCN(C(=O)C1N(CCCCO)C(=O)[C@@H]2[C@H](C(=O)OCC)[C@]3(C)CCC12S3)c1c(C)cccc1C. The average molecular weight is 515 g/mol. The van der Waals surface area contributed by atoms with Gasteiger partial charge >= 0.3 is 5.97 Å². The van der Waals surface area contributed by atoms with Crippen LogP contribution in [0.4, 0.5) is 5.69 Å². The van der Waals surface area contributed by atoms with Crippen LogP contribution in [-0.2, 0) is 19.1 Å². The number of esters is 1. The highest BCUT2D eigenvalue weighted by atomic mass is 32.2. The van der Waals surface area contributed by atoms with E-state index in [0.717, 1.165) is 23.2 Å². The van der Waals surface area contributed by atoms with Gasteiger partial charge in [-0.15, -0.1) is 18.3 Å². The number of aliphatic hydroxyl groups is 1. The fourth-order valence-electron chi connectivity index (χ4n) is 6.73. The third-order valence-electron chi connectivity index (χ3n) is 8.15. The van der Waals surface area contributed by atoms with Gasteiger partial charge in [0, 0.05) is 30.1 Å². The molecule has 1 spiro atoms. The van der Waals surface area contributed by atoms with Crippen LogP contribution < -0.4 is 4.90 Å². The van der Waals surface area contributed by atoms with Crippen LogP contribution in [-0.4, -0.2) is 69.6 Å². The summed E-state index contributed by atoms with van der Waals surface area (Å²) in [5.41, 5.74) is 2.81. The summed E-state index contributed by atoms with van der Waals surface area (Å²) in [4.78, 5) is 45.2. The maximum absolute atomic E-state index is 14.6. The summed E-state index contributed by atoms with van der Waals surface area (Å²) in [6, 6.07) is 5.25. The Morgan fingerprint density at radius 2 is 1.97 bits per heavy atom. The number of rotatable bonds is 10. The highest BCUT2D eigenvalue weighted by molar-refractivity contribution is 8.02. The van der Waals surface area contributed by atoms with Crippen molar-refractivity contribution in [1.29, 1.82) is 0 Å². The minimum Gasteiger partial charge on any atom is -0.466 e. The molecule has 8 heteroatoms. The Morgan fingerprint density at radius 3 is 2.58 bits per heavy atom. The summed E-state index contributed by atoms with van der Waals surface area (Å²) in [6.07, 6.45) is 4.30. The van der Waals surface area contributed by atoms with E-state index in [0.29, 0.717) is 32.4 Å². The van der Waals surface area contributed by atoms with Crippen molar-refractivity contribution in [3.63, 3.8) is 0 Å². The second-order valence-electron chi connectivity index (χ2n) is 10.4. The van der Waals surface area contributed by atoms with Gasteiger partial charge in [-0.3, -0.25) is 14.4 Å². The fourth-order valence-corrected chi connectivity index (χ4v) is 9.07. The molecule has 3 fully saturated rings. The number of carbonyl (C=O) groups excluding carboxylic acids is 3. The average Bonchev–Trinajstić information content (AvgIpc) is 3.39. The summed E-state index contributed by atoms with van der Waals surface area (Å²) in [5, 5.41) is 9.37. The predicted molar refractivity (Wildman–Crippen MR) is 142 cm³/mol. The molecule has 7 nitrogen and oxygen atoms in total. The van der Waals surface area contributed by atoms with Crippen molar-refractivity contribution in [3.8, 4) is 0 Å². The van der Waals surface area contributed by atoms with Crippen LogP contribution >= 0.6 is 11.8 Å². The number of aryl methyl sites for hydroxylation is 2. The molecule has 3 heterocycles. The van der Waals surface area contributed by atoms with Crippen LogP contribution in [0.2, 0.25) is 0 Å². The van der Waals surface area contributed by atoms with Gasteiger partial charge in [0.2, 0.25) is 5.91 Å². The molecular formula is C28H38N2O5S. The summed E-state index contributed by atoms with van der Waals surface area (Å²) in [7, 11) is 0. The largest absolute Gasteiger partial charge is 0.466 e. The van der Waals surface area contributed by atoms with E-state index in [1.165, 1.54) is 0 Å². The Morgan fingerprint density at radius 1 is 1.28 bits per heavy atom. The lowest BCUT2D eigenvalue weighted by atomic mass is 9.66. The lowest BCUT2D eigenvalue weighted by Crippen LogP contribution is -2.55. The number of fused-ring (bicyclic) bond motifs is 1. The van der Waals surface area contributed by atoms with Crippen molar-refractivity contribution in [3.05, 3.63) is 42.0 Å². The molecule has 5 atom stereocenters. The van der Waals surface area contributed by atoms with Gasteiger partial charge in [-0.25, -0.2) is 0 Å². The third-order valence-corrected chi connectivity index (χ3v) is 10.1. The van der Waals surface area contributed by atoms with Crippen LogP contribution in [0.15, 0.2) is 30.9 Å². The summed E-state index contributed by atoms with van der Waals surface area (Å²) >= 11 is 1.65. The third kappa shape index (κ3) is 4.06. The molecule has 36 heavy (non-hydrogen) atoms. The van der Waals surface area contributed by atoms with Gasteiger partial charge in [-0.2, -0.15) is 0 Å². The van der Waals surface area contributed by atoms with E-state index in [4.69, 9.17) is 4.74 Å². The molecule has 2 amide bonds. The van der Waals surface area contributed by atoms with Gasteiger partial charge in [-0.1, -0.05) is 24.3 Å². The molecule has 0 aromatic heterocycles.